The van der Waals surface area contributed by atoms with E-state index in [4.69, 9.17) is 0 Å². The Morgan fingerprint density at radius 3 is 3.04 bits per heavy atom. The average Bonchev–Trinajstić information content (AvgIpc) is 3.11. The van der Waals surface area contributed by atoms with Crippen molar-refractivity contribution in [1.29, 1.82) is 0 Å². The highest BCUT2D eigenvalue weighted by Gasteiger charge is 2.30. The zero-order valence-corrected chi connectivity index (χ0v) is 14.3. The number of anilines is 1. The highest BCUT2D eigenvalue weighted by atomic mass is 32.1. The minimum absolute atomic E-state index is 0.0955. The second-order valence-corrected chi connectivity index (χ2v) is 7.90. The second kappa shape index (κ2) is 6.34. The first kappa shape index (κ1) is 15.3. The van der Waals surface area contributed by atoms with Gasteiger partial charge in [-0.05, 0) is 63.6 Å². The van der Waals surface area contributed by atoms with E-state index in [0.29, 0.717) is 5.92 Å². The molecule has 1 fully saturated rings. The minimum atomic E-state index is -0.307. The van der Waals surface area contributed by atoms with E-state index in [2.05, 4.69) is 20.6 Å². The first-order valence-electron chi connectivity index (χ1n) is 8.60. The van der Waals surface area contributed by atoms with Crippen LogP contribution < -0.4 is 10.6 Å². The summed E-state index contributed by atoms with van der Waals surface area (Å²) in [6, 6.07) is 0.0955. The van der Waals surface area contributed by atoms with E-state index in [1.54, 1.807) is 6.33 Å². The maximum absolute atomic E-state index is 10.5. The summed E-state index contributed by atoms with van der Waals surface area (Å²) >= 11 is 1.81. The Morgan fingerprint density at radius 2 is 2.22 bits per heavy atom. The van der Waals surface area contributed by atoms with Gasteiger partial charge in [-0.15, -0.1) is 11.3 Å². The first-order chi connectivity index (χ1) is 11.3. The van der Waals surface area contributed by atoms with E-state index < -0.39 is 0 Å². The summed E-state index contributed by atoms with van der Waals surface area (Å²) in [5.41, 5.74) is 1.44. The molecule has 4 rings (SSSR count). The summed E-state index contributed by atoms with van der Waals surface area (Å²) in [7, 11) is 1.98. The number of fused-ring (bicyclic) bond motifs is 3. The molecule has 2 aliphatic carbocycles. The van der Waals surface area contributed by atoms with Crippen molar-refractivity contribution in [2.24, 2.45) is 5.92 Å². The van der Waals surface area contributed by atoms with Crippen LogP contribution >= 0.6 is 11.3 Å². The molecule has 2 heterocycles. The van der Waals surface area contributed by atoms with Gasteiger partial charge in [0, 0.05) is 4.88 Å². The number of thiophene rings is 1. The van der Waals surface area contributed by atoms with Gasteiger partial charge in [-0.1, -0.05) is 0 Å². The molecular weight excluding hydrogens is 308 g/mol. The van der Waals surface area contributed by atoms with Crippen LogP contribution in [0.5, 0.6) is 0 Å². The van der Waals surface area contributed by atoms with Crippen LogP contribution in [0, 0.1) is 5.92 Å². The molecule has 1 saturated carbocycles. The van der Waals surface area contributed by atoms with Crippen molar-refractivity contribution >= 4 is 27.4 Å². The molecule has 0 aliphatic heterocycles. The predicted octanol–water partition coefficient (Wildman–Crippen LogP) is 2.34. The summed E-state index contributed by atoms with van der Waals surface area (Å²) in [6.07, 6.45) is 7.88. The normalized spacial score (nSPS) is 27.3. The predicted molar refractivity (Wildman–Crippen MR) is 94.1 cm³/mol. The maximum atomic E-state index is 10.5. The Hall–Kier alpha value is -1.24. The maximum Gasteiger partial charge on any atom is 0.138 e. The fourth-order valence-corrected chi connectivity index (χ4v) is 5.32. The number of nitrogens with one attached hydrogen (secondary N) is 2. The summed E-state index contributed by atoms with van der Waals surface area (Å²) in [5.74, 6) is 1.49. The van der Waals surface area contributed by atoms with Crippen molar-refractivity contribution in [1.82, 2.24) is 15.3 Å². The van der Waals surface area contributed by atoms with Gasteiger partial charge in [-0.25, -0.2) is 9.97 Å². The highest BCUT2D eigenvalue weighted by Crippen LogP contribution is 2.39. The lowest BCUT2D eigenvalue weighted by Gasteiger charge is -2.34. The van der Waals surface area contributed by atoms with Gasteiger partial charge in [0.15, 0.2) is 0 Å². The smallest absolute Gasteiger partial charge is 0.138 e. The Bertz CT molecular complexity index is 701. The van der Waals surface area contributed by atoms with Gasteiger partial charge in [0.05, 0.1) is 17.5 Å². The molecule has 0 saturated heterocycles. The lowest BCUT2D eigenvalue weighted by molar-refractivity contribution is 0.0884. The van der Waals surface area contributed by atoms with E-state index in [9.17, 15) is 5.11 Å². The molecule has 1 unspecified atom stereocenters. The molecule has 2 aromatic rings. The number of nitrogens with zero attached hydrogens (tertiary/aromatic N) is 2. The molecule has 124 valence electrons. The Labute approximate surface area is 140 Å². The van der Waals surface area contributed by atoms with Gasteiger partial charge in [0.2, 0.25) is 0 Å². The van der Waals surface area contributed by atoms with E-state index in [-0.39, 0.29) is 12.1 Å². The van der Waals surface area contributed by atoms with E-state index in [1.165, 1.54) is 28.7 Å². The number of aliphatic hydroxyl groups is 1. The van der Waals surface area contributed by atoms with Crippen LogP contribution in [-0.2, 0) is 12.8 Å². The van der Waals surface area contributed by atoms with Gasteiger partial charge < -0.3 is 15.7 Å². The number of aromatic nitrogens is 2. The van der Waals surface area contributed by atoms with Crippen LogP contribution in [-0.4, -0.2) is 40.8 Å². The molecule has 2 aliphatic rings. The van der Waals surface area contributed by atoms with Crippen molar-refractivity contribution in [3.05, 3.63) is 16.8 Å². The molecular formula is C17H24N4OS. The fourth-order valence-electron chi connectivity index (χ4n) is 4.09. The number of hydrogen-bond donors (Lipinski definition) is 3. The summed E-state index contributed by atoms with van der Waals surface area (Å²) in [5, 5.41) is 18.5. The van der Waals surface area contributed by atoms with Crippen molar-refractivity contribution in [2.75, 3.05) is 18.9 Å². The van der Waals surface area contributed by atoms with Crippen LogP contribution in [0.1, 0.15) is 36.1 Å². The lowest BCUT2D eigenvalue weighted by atomic mass is 9.84. The van der Waals surface area contributed by atoms with Crippen LogP contribution in [0.15, 0.2) is 6.33 Å². The van der Waals surface area contributed by atoms with Gasteiger partial charge in [0.25, 0.3) is 0 Å². The molecule has 3 N–H and O–H groups in total. The molecule has 0 bridgehead atoms. The van der Waals surface area contributed by atoms with Crippen LogP contribution in [0.2, 0.25) is 0 Å². The standard InChI is InChI=1S/C17H24N4OS/c1-18-8-10-5-6-12(13(22)7-10)21-16-15-11-3-2-4-14(11)23-17(15)20-9-19-16/h9-10,12-13,18,22H,2-8H2,1H3,(H,19,20,21)/t10-,12?,13+/m1/s1. The summed E-state index contributed by atoms with van der Waals surface area (Å²) in [4.78, 5) is 11.5. The summed E-state index contributed by atoms with van der Waals surface area (Å²) in [6.45, 7) is 0.986. The molecule has 5 nitrogen and oxygen atoms in total. The lowest BCUT2D eigenvalue weighted by Crippen LogP contribution is -2.41. The number of rotatable bonds is 4. The molecule has 3 atom stereocenters. The van der Waals surface area contributed by atoms with E-state index in [0.717, 1.165) is 42.9 Å². The van der Waals surface area contributed by atoms with Crippen LogP contribution in [0.4, 0.5) is 5.82 Å². The van der Waals surface area contributed by atoms with Crippen LogP contribution in [0.3, 0.4) is 0 Å². The largest absolute Gasteiger partial charge is 0.391 e. The SMILES string of the molecule is CNC[C@@H]1CCC(Nc2ncnc3sc4c(c23)CCC4)[C@@H](O)C1. The molecule has 2 aromatic heterocycles. The van der Waals surface area contributed by atoms with Crippen molar-refractivity contribution in [2.45, 2.75) is 50.7 Å². The minimum Gasteiger partial charge on any atom is -0.391 e. The second-order valence-electron chi connectivity index (χ2n) is 6.81. The van der Waals surface area contributed by atoms with Crippen LogP contribution in [0.25, 0.3) is 10.2 Å². The third-order valence-electron chi connectivity index (χ3n) is 5.24. The van der Waals surface area contributed by atoms with Gasteiger partial charge >= 0.3 is 0 Å². The Kier molecular flexibility index (Phi) is 4.22. The molecule has 0 aromatic carbocycles. The molecule has 0 spiro atoms. The Morgan fingerprint density at radius 1 is 1.30 bits per heavy atom. The molecule has 6 heteroatoms. The Balaban J connectivity index is 1.56. The van der Waals surface area contributed by atoms with Crippen molar-refractivity contribution in [3.8, 4) is 0 Å². The van der Waals surface area contributed by atoms with Gasteiger partial charge in [-0.2, -0.15) is 0 Å². The quantitative estimate of drug-likeness (QED) is 0.802. The van der Waals surface area contributed by atoms with E-state index in [1.807, 2.05) is 18.4 Å². The topological polar surface area (TPSA) is 70.1 Å². The number of hydrogen-bond acceptors (Lipinski definition) is 6. The number of aryl methyl sites for hydroxylation is 2. The monoisotopic (exact) mass is 332 g/mol. The third kappa shape index (κ3) is 2.84. The number of aliphatic hydroxyl groups excluding tert-OH is 1. The average molecular weight is 332 g/mol. The van der Waals surface area contributed by atoms with Gasteiger partial charge in [0.1, 0.15) is 17.0 Å². The van der Waals surface area contributed by atoms with Crippen molar-refractivity contribution < 1.29 is 5.11 Å². The zero-order chi connectivity index (χ0) is 15.8. The van der Waals surface area contributed by atoms with Crippen molar-refractivity contribution in [3.63, 3.8) is 0 Å². The van der Waals surface area contributed by atoms with E-state index >= 15 is 0 Å². The summed E-state index contributed by atoms with van der Waals surface area (Å²) < 4.78 is 0. The van der Waals surface area contributed by atoms with Gasteiger partial charge in [-0.3, -0.25) is 0 Å². The molecule has 0 amide bonds. The molecule has 0 radical (unpaired) electrons. The first-order valence-corrected chi connectivity index (χ1v) is 9.42. The third-order valence-corrected chi connectivity index (χ3v) is 6.44. The highest BCUT2D eigenvalue weighted by molar-refractivity contribution is 7.19. The molecule has 23 heavy (non-hydrogen) atoms. The fraction of sp³-hybridized carbons (Fsp3) is 0.647. The zero-order valence-electron chi connectivity index (χ0n) is 13.5.